The van der Waals surface area contributed by atoms with Crippen molar-refractivity contribution in [2.24, 2.45) is 11.8 Å². The van der Waals surface area contributed by atoms with Crippen molar-refractivity contribution >= 4 is 5.78 Å². The SMILES string of the molecule is CC(=O)C1CCC(C#N)CC1. The van der Waals surface area contributed by atoms with Gasteiger partial charge in [-0.2, -0.15) is 5.26 Å². The molecule has 1 aliphatic carbocycles. The lowest BCUT2D eigenvalue weighted by molar-refractivity contribution is -0.121. The minimum absolute atomic E-state index is 0.214. The molecule has 0 heterocycles. The highest BCUT2D eigenvalue weighted by molar-refractivity contribution is 5.78. The molecule has 0 bridgehead atoms. The Morgan fingerprint density at radius 3 is 2.27 bits per heavy atom. The molecule has 1 fully saturated rings. The van der Waals surface area contributed by atoms with Gasteiger partial charge in [0, 0.05) is 11.8 Å². The maximum atomic E-state index is 10.9. The Balaban J connectivity index is 2.37. The van der Waals surface area contributed by atoms with E-state index in [-0.39, 0.29) is 11.8 Å². The van der Waals surface area contributed by atoms with Gasteiger partial charge in [-0.3, -0.25) is 4.79 Å². The number of Topliss-reactive ketones (excluding diaryl/α,β-unsaturated/α-hetero) is 1. The normalized spacial score (nSPS) is 30.9. The molecule has 0 amide bonds. The van der Waals surface area contributed by atoms with Crippen molar-refractivity contribution < 1.29 is 4.79 Å². The van der Waals surface area contributed by atoms with Crippen LogP contribution in [0.2, 0.25) is 0 Å². The maximum Gasteiger partial charge on any atom is 0.132 e. The third-order valence-electron chi connectivity index (χ3n) is 2.48. The van der Waals surface area contributed by atoms with Crippen molar-refractivity contribution in [2.45, 2.75) is 32.6 Å². The number of ketones is 1. The van der Waals surface area contributed by atoms with Crippen molar-refractivity contribution in [3.05, 3.63) is 0 Å². The molecule has 1 aliphatic rings. The van der Waals surface area contributed by atoms with Crippen LogP contribution in [-0.2, 0) is 4.79 Å². The van der Waals surface area contributed by atoms with Crippen LogP contribution < -0.4 is 0 Å². The largest absolute Gasteiger partial charge is 0.300 e. The van der Waals surface area contributed by atoms with Crippen LogP contribution in [0.5, 0.6) is 0 Å². The Morgan fingerprint density at radius 2 is 1.91 bits per heavy atom. The second kappa shape index (κ2) is 3.52. The Morgan fingerprint density at radius 1 is 1.36 bits per heavy atom. The number of nitriles is 1. The minimum atomic E-state index is 0.214. The first kappa shape index (κ1) is 8.26. The molecule has 0 N–H and O–H groups in total. The van der Waals surface area contributed by atoms with Crippen molar-refractivity contribution in [2.75, 3.05) is 0 Å². The molecule has 1 rings (SSSR count). The van der Waals surface area contributed by atoms with Crippen molar-refractivity contribution in [1.82, 2.24) is 0 Å². The standard InChI is InChI=1S/C9H13NO/c1-7(11)9-4-2-8(6-10)3-5-9/h8-9H,2-5H2,1H3. The summed E-state index contributed by atoms with van der Waals surface area (Å²) >= 11 is 0. The molecular weight excluding hydrogens is 138 g/mol. The van der Waals surface area contributed by atoms with Crippen molar-refractivity contribution in [3.63, 3.8) is 0 Å². The quantitative estimate of drug-likeness (QED) is 0.574. The Labute approximate surface area is 67.2 Å². The van der Waals surface area contributed by atoms with Crippen molar-refractivity contribution in [1.29, 1.82) is 5.26 Å². The Hall–Kier alpha value is -0.840. The molecule has 0 aromatic heterocycles. The fraction of sp³-hybridized carbons (Fsp3) is 0.778. The van der Waals surface area contributed by atoms with Gasteiger partial charge < -0.3 is 0 Å². The molecule has 2 heteroatoms. The molecular formula is C9H13NO. The number of carbonyl (C=O) groups is 1. The zero-order valence-electron chi connectivity index (χ0n) is 6.84. The summed E-state index contributed by atoms with van der Waals surface area (Å²) in [6.07, 6.45) is 3.68. The van der Waals surface area contributed by atoms with Gasteiger partial charge in [0.2, 0.25) is 0 Å². The van der Waals surface area contributed by atoms with Gasteiger partial charge in [0.15, 0.2) is 0 Å². The predicted octanol–water partition coefficient (Wildman–Crippen LogP) is 1.91. The highest BCUT2D eigenvalue weighted by Gasteiger charge is 2.23. The Kier molecular flexibility index (Phi) is 2.64. The molecule has 0 aromatic rings. The monoisotopic (exact) mass is 151 g/mol. The van der Waals surface area contributed by atoms with Crippen LogP contribution in [0.3, 0.4) is 0 Å². The smallest absolute Gasteiger partial charge is 0.132 e. The first-order valence-corrected chi connectivity index (χ1v) is 4.14. The van der Waals surface area contributed by atoms with E-state index in [9.17, 15) is 4.79 Å². The first-order valence-electron chi connectivity index (χ1n) is 4.14. The van der Waals surface area contributed by atoms with Gasteiger partial charge >= 0.3 is 0 Å². The lowest BCUT2D eigenvalue weighted by Gasteiger charge is -2.22. The lowest BCUT2D eigenvalue weighted by atomic mass is 9.81. The minimum Gasteiger partial charge on any atom is -0.300 e. The van der Waals surface area contributed by atoms with Gasteiger partial charge in [-0.15, -0.1) is 0 Å². The van der Waals surface area contributed by atoms with E-state index in [2.05, 4.69) is 6.07 Å². The van der Waals surface area contributed by atoms with Gasteiger partial charge in [0.25, 0.3) is 0 Å². The maximum absolute atomic E-state index is 10.9. The van der Waals surface area contributed by atoms with Gasteiger partial charge in [0.05, 0.1) is 6.07 Å². The van der Waals surface area contributed by atoms with E-state index in [0.29, 0.717) is 5.78 Å². The van der Waals surface area contributed by atoms with Crippen LogP contribution in [0.4, 0.5) is 0 Å². The Bertz CT molecular complexity index is 184. The topological polar surface area (TPSA) is 40.9 Å². The molecule has 0 saturated heterocycles. The van der Waals surface area contributed by atoms with Crippen molar-refractivity contribution in [3.8, 4) is 6.07 Å². The zero-order valence-corrected chi connectivity index (χ0v) is 6.84. The second-order valence-corrected chi connectivity index (χ2v) is 3.29. The molecule has 0 aliphatic heterocycles. The lowest BCUT2D eigenvalue weighted by Crippen LogP contribution is -2.18. The molecule has 0 aromatic carbocycles. The average molecular weight is 151 g/mol. The summed E-state index contributed by atoms with van der Waals surface area (Å²) in [4.78, 5) is 10.9. The van der Waals surface area contributed by atoms with E-state index < -0.39 is 0 Å². The number of rotatable bonds is 1. The second-order valence-electron chi connectivity index (χ2n) is 3.29. The summed E-state index contributed by atoms with van der Waals surface area (Å²) in [6, 6.07) is 2.25. The third kappa shape index (κ3) is 2.04. The highest BCUT2D eigenvalue weighted by atomic mass is 16.1. The fourth-order valence-corrected chi connectivity index (χ4v) is 1.63. The number of nitrogens with zero attached hydrogens (tertiary/aromatic N) is 1. The van der Waals surface area contributed by atoms with Crippen LogP contribution in [0, 0.1) is 23.2 Å². The molecule has 0 unspecified atom stereocenters. The van der Waals surface area contributed by atoms with Crippen LogP contribution in [-0.4, -0.2) is 5.78 Å². The summed E-state index contributed by atoms with van der Waals surface area (Å²) in [6.45, 7) is 1.65. The number of hydrogen-bond acceptors (Lipinski definition) is 2. The summed E-state index contributed by atoms with van der Waals surface area (Å²) in [5.41, 5.74) is 0. The molecule has 60 valence electrons. The van der Waals surface area contributed by atoms with Crippen LogP contribution >= 0.6 is 0 Å². The average Bonchev–Trinajstić information content (AvgIpc) is 2.05. The van der Waals surface area contributed by atoms with E-state index in [4.69, 9.17) is 5.26 Å². The zero-order chi connectivity index (χ0) is 8.27. The van der Waals surface area contributed by atoms with Gasteiger partial charge in [-0.1, -0.05) is 0 Å². The van der Waals surface area contributed by atoms with E-state index in [1.807, 2.05) is 0 Å². The van der Waals surface area contributed by atoms with Crippen LogP contribution in [0.1, 0.15) is 32.6 Å². The molecule has 1 saturated carbocycles. The number of carbonyl (C=O) groups excluding carboxylic acids is 1. The predicted molar refractivity (Wildman–Crippen MR) is 41.7 cm³/mol. The van der Waals surface area contributed by atoms with Gasteiger partial charge in [-0.05, 0) is 32.6 Å². The van der Waals surface area contributed by atoms with E-state index in [1.54, 1.807) is 6.92 Å². The molecule has 11 heavy (non-hydrogen) atoms. The summed E-state index contributed by atoms with van der Waals surface area (Å²) < 4.78 is 0. The van der Waals surface area contributed by atoms with E-state index in [1.165, 1.54) is 0 Å². The van der Waals surface area contributed by atoms with Crippen LogP contribution in [0.25, 0.3) is 0 Å². The summed E-state index contributed by atoms with van der Waals surface area (Å²) in [5, 5.41) is 8.58. The number of hydrogen-bond donors (Lipinski definition) is 0. The van der Waals surface area contributed by atoms with E-state index in [0.717, 1.165) is 25.7 Å². The fourth-order valence-electron chi connectivity index (χ4n) is 1.63. The van der Waals surface area contributed by atoms with E-state index >= 15 is 0 Å². The van der Waals surface area contributed by atoms with Gasteiger partial charge in [0.1, 0.15) is 5.78 Å². The molecule has 0 atom stereocenters. The van der Waals surface area contributed by atoms with Crippen LogP contribution in [0.15, 0.2) is 0 Å². The molecule has 2 nitrogen and oxygen atoms in total. The highest BCUT2D eigenvalue weighted by Crippen LogP contribution is 2.28. The summed E-state index contributed by atoms with van der Waals surface area (Å²) in [7, 11) is 0. The molecule has 0 radical (unpaired) electrons. The summed E-state index contributed by atoms with van der Waals surface area (Å²) in [5.74, 6) is 0.756. The molecule has 0 spiro atoms. The van der Waals surface area contributed by atoms with Gasteiger partial charge in [-0.25, -0.2) is 0 Å². The first-order chi connectivity index (χ1) is 5.24. The third-order valence-corrected chi connectivity index (χ3v) is 2.48.